The van der Waals surface area contributed by atoms with E-state index >= 15 is 0 Å². The largest absolute Gasteiger partial charge is 0.357 e. The quantitative estimate of drug-likeness (QED) is 0.387. The summed E-state index contributed by atoms with van der Waals surface area (Å²) in [5.74, 6) is 2.17. The van der Waals surface area contributed by atoms with E-state index in [-0.39, 0.29) is 5.54 Å². The second-order valence-corrected chi connectivity index (χ2v) is 6.51. The van der Waals surface area contributed by atoms with Crippen molar-refractivity contribution in [3.8, 4) is 0 Å². The molecule has 0 aromatic heterocycles. The molecular formula is C14H32N4S. The van der Waals surface area contributed by atoms with E-state index in [1.165, 1.54) is 18.6 Å². The van der Waals surface area contributed by atoms with Gasteiger partial charge in [-0.05, 0) is 59.7 Å². The molecular weight excluding hydrogens is 256 g/mol. The number of hydrogen-bond acceptors (Lipinski definition) is 3. The fourth-order valence-corrected chi connectivity index (χ4v) is 1.83. The summed E-state index contributed by atoms with van der Waals surface area (Å²) in [6.45, 7) is 9.20. The minimum atomic E-state index is 0.0845. The van der Waals surface area contributed by atoms with Crippen LogP contribution in [0.2, 0.25) is 0 Å². The fourth-order valence-electron chi connectivity index (χ4n) is 1.33. The van der Waals surface area contributed by atoms with Crippen molar-refractivity contribution in [2.24, 2.45) is 4.99 Å². The lowest BCUT2D eigenvalue weighted by atomic mass is 10.1. The normalized spacial score (nSPS) is 12.9. The molecule has 0 amide bonds. The van der Waals surface area contributed by atoms with Crippen LogP contribution in [-0.4, -0.2) is 62.1 Å². The van der Waals surface area contributed by atoms with E-state index in [0.29, 0.717) is 0 Å². The van der Waals surface area contributed by atoms with Crippen LogP contribution in [-0.2, 0) is 0 Å². The molecule has 0 aliphatic rings. The topological polar surface area (TPSA) is 39.7 Å². The van der Waals surface area contributed by atoms with E-state index in [0.717, 1.165) is 25.6 Å². The molecule has 0 atom stereocenters. The summed E-state index contributed by atoms with van der Waals surface area (Å²) in [6, 6.07) is 0. The van der Waals surface area contributed by atoms with Gasteiger partial charge in [-0.1, -0.05) is 0 Å². The molecule has 0 aromatic rings. The smallest absolute Gasteiger partial charge is 0.191 e. The van der Waals surface area contributed by atoms with Gasteiger partial charge in [0, 0.05) is 18.6 Å². The monoisotopic (exact) mass is 288 g/mol. The summed E-state index contributed by atoms with van der Waals surface area (Å²) in [5, 5.41) is 6.70. The van der Waals surface area contributed by atoms with Crippen LogP contribution in [0, 0.1) is 0 Å². The van der Waals surface area contributed by atoms with Crippen molar-refractivity contribution in [2.75, 3.05) is 45.7 Å². The number of nitrogens with one attached hydrogen (secondary N) is 2. The lowest BCUT2D eigenvalue weighted by Gasteiger charge is -2.31. The lowest BCUT2D eigenvalue weighted by Crippen LogP contribution is -2.43. The molecule has 0 rings (SSSR count). The third-order valence-corrected chi connectivity index (χ3v) is 3.94. The molecule has 0 aliphatic heterocycles. The third kappa shape index (κ3) is 9.16. The Morgan fingerprint density at radius 2 is 1.89 bits per heavy atom. The second-order valence-electron chi connectivity index (χ2n) is 5.53. The van der Waals surface area contributed by atoms with E-state index in [2.05, 4.69) is 61.6 Å². The number of unbranched alkanes of at least 4 members (excludes halogenated alkanes) is 1. The van der Waals surface area contributed by atoms with Crippen molar-refractivity contribution in [1.82, 2.24) is 15.5 Å². The number of rotatable bonds is 9. The van der Waals surface area contributed by atoms with Crippen LogP contribution in [0.15, 0.2) is 4.99 Å². The number of guanidine groups is 1. The molecule has 5 heteroatoms. The molecule has 2 N–H and O–H groups in total. The summed E-state index contributed by atoms with van der Waals surface area (Å²) in [5.41, 5.74) is 0.0845. The maximum atomic E-state index is 4.67. The van der Waals surface area contributed by atoms with Gasteiger partial charge in [0.05, 0.1) is 6.54 Å². The van der Waals surface area contributed by atoms with E-state index in [1.807, 2.05) is 11.8 Å². The minimum absolute atomic E-state index is 0.0845. The number of hydrogen-bond donors (Lipinski definition) is 2. The summed E-state index contributed by atoms with van der Waals surface area (Å²) < 4.78 is 0. The van der Waals surface area contributed by atoms with Crippen molar-refractivity contribution in [3.63, 3.8) is 0 Å². The van der Waals surface area contributed by atoms with Crippen molar-refractivity contribution in [1.29, 1.82) is 0 Å². The molecule has 0 aromatic carbocycles. The maximum absolute atomic E-state index is 4.67. The number of aliphatic imine (C=N–C) groups is 1. The Bertz CT molecular complexity index is 252. The third-order valence-electron chi connectivity index (χ3n) is 3.25. The second kappa shape index (κ2) is 10.4. The molecule has 19 heavy (non-hydrogen) atoms. The Kier molecular flexibility index (Phi) is 10.1. The van der Waals surface area contributed by atoms with Crippen molar-refractivity contribution in [2.45, 2.75) is 39.2 Å². The molecule has 0 bridgehead atoms. The standard InChI is InChI=1S/C14H32N4S/c1-7-15-13(16-10-8-9-11-19-6)17-12-14(2,3)18(4)5/h7-12H2,1-6H3,(H2,15,16,17). The fraction of sp³-hybridized carbons (Fsp3) is 0.929. The van der Waals surface area contributed by atoms with Crippen molar-refractivity contribution >= 4 is 17.7 Å². The van der Waals surface area contributed by atoms with E-state index in [9.17, 15) is 0 Å². The maximum Gasteiger partial charge on any atom is 0.191 e. The molecule has 4 nitrogen and oxygen atoms in total. The van der Waals surface area contributed by atoms with Crippen LogP contribution >= 0.6 is 11.8 Å². The summed E-state index contributed by atoms with van der Waals surface area (Å²) in [4.78, 5) is 6.88. The van der Waals surface area contributed by atoms with Crippen molar-refractivity contribution < 1.29 is 0 Å². The van der Waals surface area contributed by atoms with Gasteiger partial charge in [0.15, 0.2) is 5.96 Å². The van der Waals surface area contributed by atoms with Crippen molar-refractivity contribution in [3.05, 3.63) is 0 Å². The predicted molar refractivity (Wildman–Crippen MR) is 89.4 cm³/mol. The molecule has 0 radical (unpaired) electrons. The first-order chi connectivity index (χ1) is 8.94. The Morgan fingerprint density at radius 1 is 1.21 bits per heavy atom. The van der Waals surface area contributed by atoms with Crippen LogP contribution in [0.4, 0.5) is 0 Å². The number of likely N-dealkylation sites (N-methyl/N-ethyl adjacent to an activating group) is 1. The molecule has 0 spiro atoms. The van der Waals surface area contributed by atoms with Gasteiger partial charge in [-0.25, -0.2) is 0 Å². The molecule has 0 fully saturated rings. The van der Waals surface area contributed by atoms with Crippen LogP contribution in [0.3, 0.4) is 0 Å². The Morgan fingerprint density at radius 3 is 2.42 bits per heavy atom. The zero-order chi connectivity index (χ0) is 14.7. The molecule has 0 saturated heterocycles. The van der Waals surface area contributed by atoms with Crippen LogP contribution in [0.1, 0.15) is 33.6 Å². The van der Waals surface area contributed by atoms with E-state index in [4.69, 9.17) is 0 Å². The van der Waals surface area contributed by atoms with Gasteiger partial charge in [0.25, 0.3) is 0 Å². The Labute approximate surface area is 123 Å². The highest BCUT2D eigenvalue weighted by Crippen LogP contribution is 2.09. The van der Waals surface area contributed by atoms with Gasteiger partial charge < -0.3 is 15.5 Å². The molecule has 0 aliphatic carbocycles. The molecule has 0 unspecified atom stereocenters. The zero-order valence-electron chi connectivity index (χ0n) is 13.5. The molecule has 0 saturated carbocycles. The Balaban J connectivity index is 4.15. The van der Waals surface area contributed by atoms with E-state index in [1.54, 1.807) is 0 Å². The Hall–Kier alpha value is -0.420. The van der Waals surface area contributed by atoms with E-state index < -0.39 is 0 Å². The lowest BCUT2D eigenvalue weighted by molar-refractivity contribution is 0.204. The predicted octanol–water partition coefficient (Wildman–Crippen LogP) is 2.02. The first-order valence-corrected chi connectivity index (χ1v) is 8.52. The highest BCUT2D eigenvalue weighted by molar-refractivity contribution is 7.98. The van der Waals surface area contributed by atoms with Crippen LogP contribution in [0.5, 0.6) is 0 Å². The highest BCUT2D eigenvalue weighted by Gasteiger charge is 2.19. The van der Waals surface area contributed by atoms with Crippen LogP contribution < -0.4 is 10.6 Å². The van der Waals surface area contributed by atoms with Crippen LogP contribution in [0.25, 0.3) is 0 Å². The van der Waals surface area contributed by atoms with Gasteiger partial charge in [0.2, 0.25) is 0 Å². The van der Waals surface area contributed by atoms with Gasteiger partial charge >= 0.3 is 0 Å². The highest BCUT2D eigenvalue weighted by atomic mass is 32.2. The number of thioether (sulfide) groups is 1. The van der Waals surface area contributed by atoms with Gasteiger partial charge in [-0.3, -0.25) is 4.99 Å². The molecule has 0 heterocycles. The van der Waals surface area contributed by atoms with Gasteiger partial charge in [-0.15, -0.1) is 0 Å². The number of nitrogens with zero attached hydrogens (tertiary/aromatic N) is 2. The average Bonchev–Trinajstić information content (AvgIpc) is 2.35. The summed E-state index contributed by atoms with van der Waals surface area (Å²) in [6.07, 6.45) is 4.61. The summed E-state index contributed by atoms with van der Waals surface area (Å²) in [7, 11) is 4.19. The SMILES string of the molecule is CCNC(=NCC(C)(C)N(C)C)NCCCCSC. The first kappa shape index (κ1) is 18.6. The first-order valence-electron chi connectivity index (χ1n) is 7.12. The molecule has 114 valence electrons. The van der Waals surface area contributed by atoms with Gasteiger partial charge in [0.1, 0.15) is 0 Å². The van der Waals surface area contributed by atoms with Gasteiger partial charge in [-0.2, -0.15) is 11.8 Å². The minimum Gasteiger partial charge on any atom is -0.357 e. The zero-order valence-corrected chi connectivity index (χ0v) is 14.4. The summed E-state index contributed by atoms with van der Waals surface area (Å²) >= 11 is 1.91. The average molecular weight is 289 g/mol.